The highest BCUT2D eigenvalue weighted by Gasteiger charge is 2.20. The van der Waals surface area contributed by atoms with Crippen molar-refractivity contribution in [2.24, 2.45) is 0 Å². The first-order valence-corrected chi connectivity index (χ1v) is 17.9. The Morgan fingerprint density at radius 2 is 1.16 bits per heavy atom. The van der Waals surface area contributed by atoms with Crippen molar-refractivity contribution in [1.82, 2.24) is 14.5 Å². The molecule has 0 atom stereocenters. The van der Waals surface area contributed by atoms with Gasteiger partial charge in [0.2, 0.25) is 0 Å². The Morgan fingerprint density at radius 3 is 2.04 bits per heavy atom. The number of benzene rings is 7. The molecule has 51 heavy (non-hydrogen) atoms. The first-order valence-electron chi connectivity index (χ1n) is 17.1. The fourth-order valence-electron chi connectivity index (χ4n) is 7.64. The molecule has 0 radical (unpaired) electrons. The lowest BCUT2D eigenvalue weighted by molar-refractivity contribution is 0.669. The molecule has 4 nitrogen and oxygen atoms in total. The molecule has 5 heteroatoms. The molecule has 0 unspecified atom stereocenters. The van der Waals surface area contributed by atoms with Gasteiger partial charge in [0.1, 0.15) is 17.0 Å². The van der Waals surface area contributed by atoms with Crippen LogP contribution in [0.4, 0.5) is 0 Å². The molecule has 4 aromatic heterocycles. The first kappa shape index (κ1) is 28.3. The van der Waals surface area contributed by atoms with Crippen LogP contribution in [0.5, 0.6) is 0 Å². The van der Waals surface area contributed by atoms with E-state index in [4.69, 9.17) is 14.4 Å². The van der Waals surface area contributed by atoms with Crippen LogP contribution in [0.2, 0.25) is 0 Å². The maximum atomic E-state index is 6.51. The molecule has 7 aromatic carbocycles. The second-order valence-corrected chi connectivity index (χ2v) is 14.1. The summed E-state index contributed by atoms with van der Waals surface area (Å²) in [6.07, 6.45) is 0. The minimum Gasteiger partial charge on any atom is -0.455 e. The van der Waals surface area contributed by atoms with E-state index in [2.05, 4.69) is 144 Å². The summed E-state index contributed by atoms with van der Waals surface area (Å²) in [5.74, 6) is 1.42. The summed E-state index contributed by atoms with van der Waals surface area (Å²) < 4.78 is 11.4. The number of hydrogen-bond acceptors (Lipinski definition) is 4. The molecule has 0 saturated heterocycles. The average molecular weight is 670 g/mol. The van der Waals surface area contributed by atoms with Gasteiger partial charge < -0.3 is 4.42 Å². The van der Waals surface area contributed by atoms with Crippen molar-refractivity contribution >= 4 is 75.3 Å². The second-order valence-electron chi connectivity index (χ2n) is 13.0. The number of hydrogen-bond donors (Lipinski definition) is 0. The summed E-state index contributed by atoms with van der Waals surface area (Å²) >= 11 is 1.85. The molecular weight excluding hydrogens is 643 g/mol. The summed E-state index contributed by atoms with van der Waals surface area (Å²) in [5, 5.41) is 7.06. The lowest BCUT2D eigenvalue weighted by Gasteiger charge is -2.13. The van der Waals surface area contributed by atoms with Crippen molar-refractivity contribution in [3.05, 3.63) is 164 Å². The molecule has 11 aromatic rings. The molecule has 0 saturated carbocycles. The van der Waals surface area contributed by atoms with Gasteiger partial charge in [0.15, 0.2) is 5.82 Å². The van der Waals surface area contributed by atoms with E-state index in [9.17, 15) is 0 Å². The van der Waals surface area contributed by atoms with Gasteiger partial charge in [-0.25, -0.2) is 9.97 Å². The van der Waals surface area contributed by atoms with Crippen LogP contribution in [-0.4, -0.2) is 14.5 Å². The van der Waals surface area contributed by atoms with Gasteiger partial charge in [-0.2, -0.15) is 0 Å². The average Bonchev–Trinajstić information content (AvgIpc) is 3.86. The minimum absolute atomic E-state index is 0.618. The maximum absolute atomic E-state index is 6.51. The second kappa shape index (κ2) is 11.0. The summed E-state index contributed by atoms with van der Waals surface area (Å²) in [5.41, 5.74) is 8.92. The molecule has 0 aliphatic carbocycles. The fourth-order valence-corrected chi connectivity index (χ4v) is 8.77. The lowest BCUT2D eigenvalue weighted by atomic mass is 10.0. The van der Waals surface area contributed by atoms with Crippen LogP contribution in [0.25, 0.3) is 104 Å². The molecule has 0 aliphatic heterocycles. The zero-order valence-corrected chi connectivity index (χ0v) is 28.1. The zero-order chi connectivity index (χ0) is 33.5. The van der Waals surface area contributed by atoms with Gasteiger partial charge >= 0.3 is 0 Å². The fraction of sp³-hybridized carbons (Fsp3) is 0. The Bertz CT molecular complexity index is 3130. The van der Waals surface area contributed by atoms with Crippen LogP contribution < -0.4 is 0 Å². The molecule has 0 N–H and O–H groups in total. The molecular formula is C46H27N3OS. The van der Waals surface area contributed by atoms with E-state index in [1.807, 2.05) is 35.6 Å². The van der Waals surface area contributed by atoms with E-state index in [1.54, 1.807) is 0 Å². The number of rotatable bonds is 4. The van der Waals surface area contributed by atoms with E-state index >= 15 is 0 Å². The molecule has 4 heterocycles. The third-order valence-corrected chi connectivity index (χ3v) is 11.2. The van der Waals surface area contributed by atoms with Crippen molar-refractivity contribution in [2.45, 2.75) is 0 Å². The molecule has 0 fully saturated rings. The highest BCUT2D eigenvalue weighted by Crippen LogP contribution is 2.41. The number of aromatic nitrogens is 3. The molecule has 11 rings (SSSR count). The van der Waals surface area contributed by atoms with Crippen molar-refractivity contribution < 1.29 is 4.42 Å². The Kier molecular flexibility index (Phi) is 6.09. The topological polar surface area (TPSA) is 43.9 Å². The normalized spacial score (nSPS) is 11.9. The zero-order valence-electron chi connectivity index (χ0n) is 27.2. The number of para-hydroxylation sites is 3. The van der Waals surface area contributed by atoms with E-state index in [1.165, 1.54) is 36.5 Å². The lowest BCUT2D eigenvalue weighted by Crippen LogP contribution is -2.02. The Hall–Kier alpha value is -6.56. The van der Waals surface area contributed by atoms with Crippen LogP contribution in [0.1, 0.15) is 0 Å². The van der Waals surface area contributed by atoms with Gasteiger partial charge in [-0.3, -0.25) is 4.57 Å². The van der Waals surface area contributed by atoms with E-state index in [0.717, 1.165) is 61.2 Å². The largest absolute Gasteiger partial charge is 0.455 e. The molecule has 238 valence electrons. The minimum atomic E-state index is 0.618. The van der Waals surface area contributed by atoms with Crippen molar-refractivity contribution in [3.8, 4) is 39.6 Å². The monoisotopic (exact) mass is 669 g/mol. The molecule has 0 bridgehead atoms. The SMILES string of the molecule is c1ccc(-c2ccc(-c3cc(-n4c5ccccc5c5cc6sc7ccccc7c6cc54)nc(-c4cccc5c4oc4ccccc45)n3)cc2)cc1. The van der Waals surface area contributed by atoms with E-state index in [-0.39, 0.29) is 0 Å². The van der Waals surface area contributed by atoms with Crippen molar-refractivity contribution in [3.63, 3.8) is 0 Å². The number of furan rings is 1. The smallest absolute Gasteiger partial charge is 0.165 e. The van der Waals surface area contributed by atoms with E-state index in [0.29, 0.717) is 5.82 Å². The highest BCUT2D eigenvalue weighted by molar-refractivity contribution is 7.25. The van der Waals surface area contributed by atoms with Gasteiger partial charge in [-0.15, -0.1) is 11.3 Å². The first-order chi connectivity index (χ1) is 25.3. The van der Waals surface area contributed by atoms with Crippen LogP contribution in [0, 0.1) is 0 Å². The van der Waals surface area contributed by atoms with Crippen LogP contribution in [0.3, 0.4) is 0 Å². The standard InChI is InChI=1S/C46H27N3OS/c1-2-11-28(12-3-1)29-21-23-30(24-22-29)38-27-44(48-46(47-38)35-17-10-16-34-32-14-5-8-19-41(32)50-45(34)35)49-39-18-7-4-13-31(39)36-26-43-37(25-40(36)49)33-15-6-9-20-42(33)51-43/h1-27H. The highest BCUT2D eigenvalue weighted by atomic mass is 32.1. The van der Waals surface area contributed by atoms with Crippen LogP contribution >= 0.6 is 11.3 Å². The summed E-state index contributed by atoms with van der Waals surface area (Å²) in [6.45, 7) is 0. The Morgan fingerprint density at radius 1 is 0.451 bits per heavy atom. The number of thiophene rings is 1. The third kappa shape index (κ3) is 4.38. The third-order valence-electron chi connectivity index (χ3n) is 10.0. The number of nitrogens with zero attached hydrogens (tertiary/aromatic N) is 3. The summed E-state index contributed by atoms with van der Waals surface area (Å²) in [7, 11) is 0. The quantitative estimate of drug-likeness (QED) is 0.187. The van der Waals surface area contributed by atoms with Gasteiger partial charge in [0.05, 0.1) is 22.3 Å². The van der Waals surface area contributed by atoms with Crippen molar-refractivity contribution in [1.29, 1.82) is 0 Å². The predicted molar refractivity (Wildman–Crippen MR) is 213 cm³/mol. The molecule has 0 amide bonds. The maximum Gasteiger partial charge on any atom is 0.165 e. The van der Waals surface area contributed by atoms with Gasteiger partial charge in [0.25, 0.3) is 0 Å². The van der Waals surface area contributed by atoms with Gasteiger partial charge in [0, 0.05) is 53.3 Å². The van der Waals surface area contributed by atoms with Crippen LogP contribution in [-0.2, 0) is 0 Å². The Labute approximate surface area is 296 Å². The van der Waals surface area contributed by atoms with E-state index < -0.39 is 0 Å². The van der Waals surface area contributed by atoms with Crippen molar-refractivity contribution in [2.75, 3.05) is 0 Å². The predicted octanol–water partition coefficient (Wildman–Crippen LogP) is 12.8. The van der Waals surface area contributed by atoms with Crippen LogP contribution in [0.15, 0.2) is 168 Å². The van der Waals surface area contributed by atoms with Gasteiger partial charge in [-0.05, 0) is 47.5 Å². The van der Waals surface area contributed by atoms with Gasteiger partial charge in [-0.1, -0.05) is 121 Å². The molecule has 0 aliphatic rings. The molecule has 0 spiro atoms. The summed E-state index contributed by atoms with van der Waals surface area (Å²) in [4.78, 5) is 10.6. The number of fused-ring (bicyclic) bond motifs is 9. The summed E-state index contributed by atoms with van der Waals surface area (Å²) in [6, 6.07) is 57.7. The Balaban J connectivity index is 1.20.